The molecule has 0 bridgehead atoms. The van der Waals surface area contributed by atoms with Gasteiger partial charge >= 0.3 is 6.61 Å². The van der Waals surface area contributed by atoms with E-state index in [1.54, 1.807) is 29.9 Å². The van der Waals surface area contributed by atoms with Crippen molar-refractivity contribution in [3.05, 3.63) is 46.4 Å². The van der Waals surface area contributed by atoms with Gasteiger partial charge in [0.15, 0.2) is 0 Å². The highest BCUT2D eigenvalue weighted by atomic mass is 32.1. The molecule has 0 fully saturated rings. The molecule has 2 rings (SSSR count). The van der Waals surface area contributed by atoms with Gasteiger partial charge < -0.3 is 10.5 Å². The van der Waals surface area contributed by atoms with Crippen molar-refractivity contribution < 1.29 is 13.5 Å². The zero-order valence-electron chi connectivity index (χ0n) is 9.42. The van der Waals surface area contributed by atoms with E-state index in [0.717, 1.165) is 4.88 Å². The number of ether oxygens (including phenoxy) is 1. The number of aromatic nitrogens is 1. The highest BCUT2D eigenvalue weighted by Crippen LogP contribution is 2.27. The van der Waals surface area contributed by atoms with E-state index in [1.165, 1.54) is 17.4 Å². The van der Waals surface area contributed by atoms with Crippen molar-refractivity contribution in [2.75, 3.05) is 0 Å². The van der Waals surface area contributed by atoms with E-state index in [1.807, 2.05) is 0 Å². The maximum Gasteiger partial charge on any atom is 0.387 e. The van der Waals surface area contributed by atoms with E-state index in [4.69, 9.17) is 5.73 Å². The predicted octanol–water partition coefficient (Wildman–Crippen LogP) is 2.99. The molecule has 6 heteroatoms. The molecule has 3 nitrogen and oxygen atoms in total. The van der Waals surface area contributed by atoms with Crippen LogP contribution in [0.15, 0.2) is 36.0 Å². The van der Waals surface area contributed by atoms with Crippen LogP contribution < -0.4 is 10.5 Å². The van der Waals surface area contributed by atoms with Crippen LogP contribution in [-0.4, -0.2) is 11.6 Å². The maximum absolute atomic E-state index is 12.3. The lowest BCUT2D eigenvalue weighted by Crippen LogP contribution is -2.15. The first-order valence-electron chi connectivity index (χ1n) is 5.33. The van der Waals surface area contributed by atoms with E-state index in [2.05, 4.69) is 9.72 Å². The highest BCUT2D eigenvalue weighted by molar-refractivity contribution is 7.09. The van der Waals surface area contributed by atoms with E-state index >= 15 is 0 Å². The highest BCUT2D eigenvalue weighted by Gasteiger charge is 2.15. The van der Waals surface area contributed by atoms with Crippen molar-refractivity contribution in [3.8, 4) is 5.75 Å². The number of alkyl halides is 2. The number of nitrogens with zero attached hydrogens (tertiary/aromatic N) is 1. The Balaban J connectivity index is 2.16. The van der Waals surface area contributed by atoms with E-state index in [0.29, 0.717) is 12.0 Å². The van der Waals surface area contributed by atoms with Crippen molar-refractivity contribution in [2.45, 2.75) is 19.1 Å². The standard InChI is InChI=1S/C12H12F2N2OS/c13-12(14)17-11-4-2-1-3-9(11)10(15)5-8-6-16-7-18-8/h1-4,6-7,10,12H,5,15H2. The summed E-state index contributed by atoms with van der Waals surface area (Å²) < 4.78 is 29.0. The first-order chi connectivity index (χ1) is 8.66. The monoisotopic (exact) mass is 270 g/mol. The second-order valence-electron chi connectivity index (χ2n) is 3.69. The molecule has 0 aliphatic rings. The Morgan fingerprint density at radius 2 is 2.11 bits per heavy atom. The van der Waals surface area contributed by atoms with Gasteiger partial charge in [-0.05, 0) is 6.07 Å². The van der Waals surface area contributed by atoms with Crippen LogP contribution in [-0.2, 0) is 6.42 Å². The zero-order valence-corrected chi connectivity index (χ0v) is 10.2. The smallest absolute Gasteiger partial charge is 0.387 e. The summed E-state index contributed by atoms with van der Waals surface area (Å²) in [7, 11) is 0. The Labute approximate surface area is 107 Å². The summed E-state index contributed by atoms with van der Waals surface area (Å²) in [4.78, 5) is 4.96. The molecule has 0 spiro atoms. The molecule has 0 aliphatic carbocycles. The van der Waals surface area contributed by atoms with Gasteiger partial charge in [0.2, 0.25) is 0 Å². The molecule has 0 aliphatic heterocycles. The summed E-state index contributed by atoms with van der Waals surface area (Å²) in [6, 6.07) is 6.19. The first kappa shape index (κ1) is 12.9. The van der Waals surface area contributed by atoms with Crippen LogP contribution in [0.25, 0.3) is 0 Å². The Morgan fingerprint density at radius 3 is 2.78 bits per heavy atom. The van der Waals surface area contributed by atoms with Crippen LogP contribution in [0.2, 0.25) is 0 Å². The number of hydrogen-bond donors (Lipinski definition) is 1. The van der Waals surface area contributed by atoms with Gasteiger partial charge in [-0.3, -0.25) is 4.98 Å². The zero-order chi connectivity index (χ0) is 13.0. The summed E-state index contributed by atoms with van der Waals surface area (Å²) in [5.41, 5.74) is 8.30. The largest absolute Gasteiger partial charge is 0.434 e. The van der Waals surface area contributed by atoms with Gasteiger partial charge in [-0.1, -0.05) is 18.2 Å². The average molecular weight is 270 g/mol. The third-order valence-electron chi connectivity index (χ3n) is 2.44. The fraction of sp³-hybridized carbons (Fsp3) is 0.250. The number of rotatable bonds is 5. The number of halogens is 2. The Hall–Kier alpha value is -1.53. The first-order valence-corrected chi connectivity index (χ1v) is 6.21. The molecule has 0 saturated carbocycles. The molecule has 1 heterocycles. The Kier molecular flexibility index (Phi) is 4.22. The van der Waals surface area contributed by atoms with Gasteiger partial charge in [-0.25, -0.2) is 0 Å². The van der Waals surface area contributed by atoms with Crippen LogP contribution in [0, 0.1) is 0 Å². The maximum atomic E-state index is 12.3. The predicted molar refractivity (Wildman–Crippen MR) is 65.8 cm³/mol. The van der Waals surface area contributed by atoms with Crippen molar-refractivity contribution in [3.63, 3.8) is 0 Å². The van der Waals surface area contributed by atoms with E-state index < -0.39 is 6.61 Å². The number of benzene rings is 1. The van der Waals surface area contributed by atoms with E-state index in [9.17, 15) is 8.78 Å². The third-order valence-corrected chi connectivity index (χ3v) is 3.24. The second kappa shape index (κ2) is 5.88. The number of thiazole rings is 1. The molecule has 18 heavy (non-hydrogen) atoms. The molecule has 1 unspecified atom stereocenters. The Bertz CT molecular complexity index is 491. The minimum Gasteiger partial charge on any atom is -0.434 e. The third kappa shape index (κ3) is 3.24. The normalized spacial score (nSPS) is 12.7. The van der Waals surface area contributed by atoms with Gasteiger partial charge in [-0.15, -0.1) is 11.3 Å². The van der Waals surface area contributed by atoms with Crippen molar-refractivity contribution >= 4 is 11.3 Å². The van der Waals surface area contributed by atoms with Crippen molar-refractivity contribution in [2.24, 2.45) is 5.73 Å². The van der Waals surface area contributed by atoms with Crippen LogP contribution in [0.3, 0.4) is 0 Å². The molecule has 1 atom stereocenters. The van der Waals surface area contributed by atoms with E-state index in [-0.39, 0.29) is 11.8 Å². The van der Waals surface area contributed by atoms with Gasteiger partial charge in [-0.2, -0.15) is 8.78 Å². The van der Waals surface area contributed by atoms with Crippen molar-refractivity contribution in [1.29, 1.82) is 0 Å². The SMILES string of the molecule is NC(Cc1cncs1)c1ccccc1OC(F)F. The summed E-state index contributed by atoms with van der Waals surface area (Å²) in [6.45, 7) is -2.85. The molecule has 0 saturated heterocycles. The fourth-order valence-corrected chi connectivity index (χ4v) is 2.31. The molecule has 1 aromatic heterocycles. The second-order valence-corrected chi connectivity index (χ2v) is 4.67. The lowest BCUT2D eigenvalue weighted by Gasteiger charge is -2.15. The lowest BCUT2D eigenvalue weighted by molar-refractivity contribution is -0.0506. The molecular formula is C12H12F2N2OS. The molecule has 2 N–H and O–H groups in total. The number of para-hydroxylation sites is 1. The number of nitrogens with two attached hydrogens (primary N) is 1. The van der Waals surface area contributed by atoms with Crippen LogP contribution in [0.4, 0.5) is 8.78 Å². The minimum absolute atomic E-state index is 0.129. The van der Waals surface area contributed by atoms with Gasteiger partial charge in [0.25, 0.3) is 0 Å². The summed E-state index contributed by atoms with van der Waals surface area (Å²) in [5, 5.41) is 0. The van der Waals surface area contributed by atoms with Crippen LogP contribution in [0.5, 0.6) is 5.75 Å². The summed E-state index contributed by atoms with van der Waals surface area (Å²) in [5.74, 6) is 0.129. The topological polar surface area (TPSA) is 48.1 Å². The van der Waals surface area contributed by atoms with Crippen LogP contribution >= 0.6 is 11.3 Å². The fourth-order valence-electron chi connectivity index (χ4n) is 1.66. The minimum atomic E-state index is -2.85. The quantitative estimate of drug-likeness (QED) is 0.908. The molecule has 0 amide bonds. The van der Waals surface area contributed by atoms with Gasteiger partial charge in [0.05, 0.1) is 5.51 Å². The lowest BCUT2D eigenvalue weighted by atomic mass is 10.0. The van der Waals surface area contributed by atoms with Crippen molar-refractivity contribution in [1.82, 2.24) is 4.98 Å². The number of hydrogen-bond acceptors (Lipinski definition) is 4. The molecule has 1 aromatic carbocycles. The molecular weight excluding hydrogens is 258 g/mol. The Morgan fingerprint density at radius 1 is 1.33 bits per heavy atom. The summed E-state index contributed by atoms with van der Waals surface area (Å²) >= 11 is 1.49. The van der Waals surface area contributed by atoms with Gasteiger partial charge in [0.1, 0.15) is 5.75 Å². The van der Waals surface area contributed by atoms with Crippen LogP contribution in [0.1, 0.15) is 16.5 Å². The molecule has 2 aromatic rings. The molecule has 0 radical (unpaired) electrons. The summed E-state index contributed by atoms with van der Waals surface area (Å²) in [6.07, 6.45) is 2.27. The average Bonchev–Trinajstić information content (AvgIpc) is 2.81. The van der Waals surface area contributed by atoms with Gasteiger partial charge in [0, 0.05) is 29.1 Å². The molecule has 96 valence electrons.